The van der Waals surface area contributed by atoms with Crippen LogP contribution < -0.4 is 21.7 Å². The number of carboxylic acid groups (broad SMARTS) is 1. The van der Waals surface area contributed by atoms with Crippen molar-refractivity contribution in [1.82, 2.24) is 25.9 Å². The van der Waals surface area contributed by atoms with Crippen molar-refractivity contribution in [1.29, 1.82) is 0 Å². The second-order valence-corrected chi connectivity index (χ2v) is 9.65. The van der Waals surface area contributed by atoms with Gasteiger partial charge in [-0.2, -0.15) is 11.8 Å². The van der Waals surface area contributed by atoms with Crippen LogP contribution in [0.5, 0.6) is 0 Å². The normalized spacial score (nSPS) is 15.6. The summed E-state index contributed by atoms with van der Waals surface area (Å²) < 4.78 is 0. The number of carbonyl (C=O) groups is 4. The second-order valence-electron chi connectivity index (χ2n) is 8.66. The molecule has 0 fully saturated rings. The van der Waals surface area contributed by atoms with E-state index in [1.165, 1.54) is 24.3 Å². The molecule has 5 unspecified atom stereocenters. The van der Waals surface area contributed by atoms with Gasteiger partial charge in [-0.3, -0.25) is 14.4 Å². The Morgan fingerprint density at radius 2 is 1.74 bits per heavy atom. The summed E-state index contributed by atoms with van der Waals surface area (Å²) in [4.78, 5) is 57.2. The van der Waals surface area contributed by atoms with Crippen molar-refractivity contribution in [2.24, 2.45) is 17.6 Å². The molecule has 0 spiro atoms. The number of amides is 3. The molecular weight excluding hydrogens is 460 g/mol. The van der Waals surface area contributed by atoms with Gasteiger partial charge in [-0.1, -0.05) is 34.1 Å². The molecule has 1 aromatic rings. The van der Waals surface area contributed by atoms with Gasteiger partial charge in [0.15, 0.2) is 0 Å². The van der Waals surface area contributed by atoms with Crippen LogP contribution in [0.15, 0.2) is 12.5 Å². The van der Waals surface area contributed by atoms with Crippen LogP contribution in [0.4, 0.5) is 0 Å². The number of imidazole rings is 1. The first-order chi connectivity index (χ1) is 16.0. The Kier molecular flexibility index (Phi) is 12.7. The van der Waals surface area contributed by atoms with Crippen LogP contribution in [0.1, 0.15) is 46.2 Å². The van der Waals surface area contributed by atoms with Gasteiger partial charge in [0.25, 0.3) is 0 Å². The van der Waals surface area contributed by atoms with Crippen molar-refractivity contribution in [3.05, 3.63) is 18.2 Å². The molecule has 0 saturated carbocycles. The van der Waals surface area contributed by atoms with E-state index in [0.717, 1.165) is 0 Å². The quantitative estimate of drug-likeness (QED) is 0.199. The summed E-state index contributed by atoms with van der Waals surface area (Å²) in [6, 6.07) is -3.86. The third kappa shape index (κ3) is 9.34. The number of nitrogens with zero attached hydrogens (tertiary/aromatic N) is 1. The zero-order valence-corrected chi connectivity index (χ0v) is 21.3. The largest absolute Gasteiger partial charge is 0.480 e. The van der Waals surface area contributed by atoms with Gasteiger partial charge >= 0.3 is 5.97 Å². The number of rotatable bonds is 15. The van der Waals surface area contributed by atoms with E-state index in [4.69, 9.17) is 5.73 Å². The summed E-state index contributed by atoms with van der Waals surface area (Å²) in [7, 11) is 0. The van der Waals surface area contributed by atoms with Crippen LogP contribution in [0.2, 0.25) is 0 Å². The van der Waals surface area contributed by atoms with Gasteiger partial charge in [-0.05, 0) is 30.3 Å². The number of thioether (sulfide) groups is 1. The lowest BCUT2D eigenvalue weighted by molar-refractivity contribution is -0.142. The van der Waals surface area contributed by atoms with Crippen molar-refractivity contribution in [2.45, 2.75) is 71.1 Å². The molecule has 5 atom stereocenters. The molecule has 0 radical (unpaired) electrons. The van der Waals surface area contributed by atoms with E-state index in [1.807, 2.05) is 34.0 Å². The summed E-state index contributed by atoms with van der Waals surface area (Å²) >= 11 is 1.47. The monoisotopic (exact) mass is 498 g/mol. The standard InChI is InChI=1S/C22H38N6O5S/c1-6-13(4)18(28-20(30)17(23)12(2)3)21(31)27-16(9-14-10-24-11-25-14)19(29)26-15(22(32)33)7-8-34-5/h10-13,15-18H,6-9,23H2,1-5H3,(H,24,25)(H,26,29)(H,27,31)(H,28,30)(H,32,33). The summed E-state index contributed by atoms with van der Waals surface area (Å²) in [5, 5.41) is 17.4. The number of hydrogen-bond donors (Lipinski definition) is 6. The highest BCUT2D eigenvalue weighted by Gasteiger charge is 2.33. The fourth-order valence-electron chi connectivity index (χ4n) is 3.11. The van der Waals surface area contributed by atoms with Crippen molar-refractivity contribution < 1.29 is 24.3 Å². The van der Waals surface area contributed by atoms with E-state index in [9.17, 15) is 24.3 Å². The fourth-order valence-corrected chi connectivity index (χ4v) is 3.58. The van der Waals surface area contributed by atoms with Crippen molar-refractivity contribution >= 4 is 35.5 Å². The maximum Gasteiger partial charge on any atom is 0.326 e. The van der Waals surface area contributed by atoms with Gasteiger partial charge in [0.2, 0.25) is 17.7 Å². The summed E-state index contributed by atoms with van der Waals surface area (Å²) in [6.45, 7) is 7.32. The highest BCUT2D eigenvalue weighted by molar-refractivity contribution is 7.98. The number of nitrogens with two attached hydrogens (primary N) is 1. The molecule has 1 rings (SSSR count). The lowest BCUT2D eigenvalue weighted by Gasteiger charge is -2.28. The molecule has 192 valence electrons. The maximum absolute atomic E-state index is 13.2. The Labute approximate surface area is 204 Å². The minimum absolute atomic E-state index is 0.0686. The number of aliphatic carboxylic acids is 1. The van der Waals surface area contributed by atoms with Crippen molar-refractivity contribution in [3.63, 3.8) is 0 Å². The number of H-pyrrole nitrogens is 1. The van der Waals surface area contributed by atoms with E-state index in [-0.39, 0.29) is 24.7 Å². The van der Waals surface area contributed by atoms with E-state index in [0.29, 0.717) is 17.9 Å². The van der Waals surface area contributed by atoms with Crippen LogP contribution in [-0.4, -0.2) is 74.9 Å². The third-order valence-corrected chi connectivity index (χ3v) is 6.30. The highest BCUT2D eigenvalue weighted by atomic mass is 32.2. The molecule has 12 heteroatoms. The predicted molar refractivity (Wildman–Crippen MR) is 131 cm³/mol. The SMILES string of the molecule is CCC(C)C(NC(=O)C(N)C(C)C)C(=O)NC(Cc1cnc[nH]1)C(=O)NC(CCSC)C(=O)O. The summed E-state index contributed by atoms with van der Waals surface area (Å²) in [6.07, 6.45) is 5.72. The second kappa shape index (κ2) is 14.6. The average molecular weight is 499 g/mol. The van der Waals surface area contributed by atoms with E-state index < -0.39 is 47.9 Å². The molecule has 1 aromatic heterocycles. The average Bonchev–Trinajstić information content (AvgIpc) is 3.31. The zero-order valence-electron chi connectivity index (χ0n) is 20.5. The Morgan fingerprint density at radius 1 is 1.09 bits per heavy atom. The van der Waals surface area contributed by atoms with Gasteiger partial charge in [0.05, 0.1) is 12.4 Å². The molecule has 7 N–H and O–H groups in total. The maximum atomic E-state index is 13.2. The molecular formula is C22H38N6O5S. The van der Waals surface area contributed by atoms with Crippen LogP contribution in [0.3, 0.4) is 0 Å². The number of nitrogens with one attached hydrogen (secondary N) is 4. The van der Waals surface area contributed by atoms with E-state index in [1.54, 1.807) is 0 Å². The Morgan fingerprint density at radius 3 is 2.24 bits per heavy atom. The molecule has 0 aliphatic carbocycles. The molecule has 3 amide bonds. The van der Waals surface area contributed by atoms with E-state index >= 15 is 0 Å². The van der Waals surface area contributed by atoms with Crippen LogP contribution >= 0.6 is 11.8 Å². The molecule has 0 saturated heterocycles. The first-order valence-corrected chi connectivity index (χ1v) is 12.8. The zero-order chi connectivity index (χ0) is 25.8. The number of carbonyl (C=O) groups excluding carboxylic acids is 3. The topological polar surface area (TPSA) is 179 Å². The lowest BCUT2D eigenvalue weighted by atomic mass is 9.96. The molecule has 0 aliphatic rings. The summed E-state index contributed by atoms with van der Waals surface area (Å²) in [5.41, 5.74) is 6.52. The summed E-state index contributed by atoms with van der Waals surface area (Å²) in [5.74, 6) is -2.58. The van der Waals surface area contributed by atoms with Gasteiger partial charge < -0.3 is 31.8 Å². The van der Waals surface area contributed by atoms with Crippen LogP contribution in [-0.2, 0) is 25.6 Å². The Bertz CT molecular complexity index is 804. The first-order valence-electron chi connectivity index (χ1n) is 11.4. The fraction of sp³-hybridized carbons (Fsp3) is 0.682. The number of aromatic nitrogens is 2. The van der Waals surface area contributed by atoms with Gasteiger partial charge in [-0.25, -0.2) is 9.78 Å². The number of aromatic amines is 1. The third-order valence-electron chi connectivity index (χ3n) is 5.65. The Hall–Kier alpha value is -2.60. The molecule has 34 heavy (non-hydrogen) atoms. The molecule has 0 aliphatic heterocycles. The van der Waals surface area contributed by atoms with E-state index in [2.05, 4.69) is 25.9 Å². The molecule has 1 heterocycles. The smallest absolute Gasteiger partial charge is 0.326 e. The van der Waals surface area contributed by atoms with Crippen LogP contribution in [0, 0.1) is 11.8 Å². The first kappa shape index (κ1) is 29.4. The van der Waals surface area contributed by atoms with Crippen LogP contribution in [0.25, 0.3) is 0 Å². The predicted octanol–water partition coefficient (Wildman–Crippen LogP) is 0.274. The minimum Gasteiger partial charge on any atom is -0.480 e. The van der Waals surface area contributed by atoms with Gasteiger partial charge in [-0.15, -0.1) is 0 Å². The van der Waals surface area contributed by atoms with Gasteiger partial charge in [0, 0.05) is 18.3 Å². The van der Waals surface area contributed by atoms with Crippen molar-refractivity contribution in [3.8, 4) is 0 Å². The molecule has 11 nitrogen and oxygen atoms in total. The highest BCUT2D eigenvalue weighted by Crippen LogP contribution is 2.11. The minimum atomic E-state index is -1.15. The molecule has 0 bridgehead atoms. The number of carboxylic acids is 1. The Balaban J connectivity index is 3.08. The van der Waals surface area contributed by atoms with Gasteiger partial charge in [0.1, 0.15) is 18.1 Å². The lowest BCUT2D eigenvalue weighted by Crippen LogP contribution is -2.59. The molecule has 0 aromatic carbocycles. The number of hydrogen-bond acceptors (Lipinski definition) is 7. The van der Waals surface area contributed by atoms with Crippen molar-refractivity contribution in [2.75, 3.05) is 12.0 Å².